The molecule has 0 aliphatic rings. The topological polar surface area (TPSA) is 96.8 Å². The Morgan fingerprint density at radius 1 is 1.18 bits per heavy atom. The van der Waals surface area contributed by atoms with Gasteiger partial charge in [0.15, 0.2) is 11.5 Å². The normalized spacial score (nSPS) is 10.5. The van der Waals surface area contributed by atoms with Crippen molar-refractivity contribution in [2.75, 3.05) is 25.7 Å². The predicted octanol–water partition coefficient (Wildman–Crippen LogP) is 3.07. The average molecular weight is 382 g/mol. The number of hydrogen-bond acceptors (Lipinski definition) is 7. The Bertz CT molecular complexity index is 959. The maximum atomic E-state index is 11.1. The maximum Gasteiger partial charge on any atom is 0.243 e. The lowest BCUT2D eigenvalue weighted by Crippen LogP contribution is -2.18. The van der Waals surface area contributed by atoms with Gasteiger partial charge in [-0.3, -0.25) is 10.0 Å². The third kappa shape index (κ3) is 4.29. The van der Waals surface area contributed by atoms with Gasteiger partial charge >= 0.3 is 0 Å². The molecular weight excluding hydrogens is 360 g/mol. The van der Waals surface area contributed by atoms with Crippen molar-refractivity contribution >= 4 is 28.3 Å². The first-order valence-corrected chi connectivity index (χ1v) is 8.81. The van der Waals surface area contributed by atoms with E-state index in [-0.39, 0.29) is 6.42 Å². The Labute approximate surface area is 162 Å². The van der Waals surface area contributed by atoms with Crippen LogP contribution in [0.4, 0.5) is 11.5 Å². The number of amides is 1. The van der Waals surface area contributed by atoms with Gasteiger partial charge in [0.25, 0.3) is 0 Å². The minimum absolute atomic E-state index is 0.172. The number of ether oxygens (including phenoxy) is 2. The first-order valence-electron chi connectivity index (χ1n) is 8.81. The summed E-state index contributed by atoms with van der Waals surface area (Å²) in [4.78, 5) is 21.8. The summed E-state index contributed by atoms with van der Waals surface area (Å²) in [5, 5.41) is 9.48. The predicted molar refractivity (Wildman–Crippen MR) is 105 cm³/mol. The number of carbonyl (C=O) groups is 1. The molecule has 0 aliphatic carbocycles. The SMILES string of the molecule is COc1ccc(N(C)c2ncnc3ccccc23)cc1OCCCC(=O)NO. The third-order valence-corrected chi connectivity index (χ3v) is 4.30. The van der Waals surface area contributed by atoms with Crippen molar-refractivity contribution in [2.24, 2.45) is 0 Å². The van der Waals surface area contributed by atoms with Crippen molar-refractivity contribution in [1.29, 1.82) is 0 Å². The van der Waals surface area contributed by atoms with Gasteiger partial charge in [-0.25, -0.2) is 15.4 Å². The third-order valence-electron chi connectivity index (χ3n) is 4.30. The summed E-state index contributed by atoms with van der Waals surface area (Å²) in [5.74, 6) is 1.49. The van der Waals surface area contributed by atoms with Gasteiger partial charge in [-0.05, 0) is 30.7 Å². The Hall–Kier alpha value is -3.39. The minimum atomic E-state index is -0.445. The van der Waals surface area contributed by atoms with E-state index < -0.39 is 5.91 Å². The van der Waals surface area contributed by atoms with Crippen molar-refractivity contribution in [3.63, 3.8) is 0 Å². The molecule has 1 aromatic heterocycles. The number of methoxy groups -OCH3 is 1. The molecule has 28 heavy (non-hydrogen) atoms. The fraction of sp³-hybridized carbons (Fsp3) is 0.250. The van der Waals surface area contributed by atoms with Crippen molar-refractivity contribution < 1.29 is 19.5 Å². The number of carbonyl (C=O) groups excluding carboxylic acids is 1. The number of aromatic nitrogens is 2. The largest absolute Gasteiger partial charge is 0.493 e. The molecule has 0 spiro atoms. The van der Waals surface area contributed by atoms with Crippen LogP contribution in [0.3, 0.4) is 0 Å². The molecule has 0 saturated carbocycles. The van der Waals surface area contributed by atoms with Crippen LogP contribution in [0, 0.1) is 0 Å². The molecule has 1 amide bonds. The second-order valence-electron chi connectivity index (χ2n) is 6.10. The van der Waals surface area contributed by atoms with Crippen LogP contribution < -0.4 is 19.9 Å². The summed E-state index contributed by atoms with van der Waals surface area (Å²) in [6.45, 7) is 0.313. The van der Waals surface area contributed by atoms with Gasteiger partial charge in [0.1, 0.15) is 12.1 Å². The van der Waals surface area contributed by atoms with E-state index in [0.717, 1.165) is 22.4 Å². The zero-order chi connectivity index (χ0) is 19.9. The standard InChI is InChI=1S/C20H22N4O4/c1-24(20-15-6-3-4-7-16(15)21-13-22-20)14-9-10-17(27-2)18(12-14)28-11-5-8-19(25)23-26/h3-4,6-7,9-10,12-13,26H,5,8,11H2,1-2H3,(H,23,25). The highest BCUT2D eigenvalue weighted by Gasteiger charge is 2.13. The molecule has 0 fully saturated rings. The van der Waals surface area contributed by atoms with E-state index in [2.05, 4.69) is 9.97 Å². The summed E-state index contributed by atoms with van der Waals surface area (Å²) in [6.07, 6.45) is 2.18. The van der Waals surface area contributed by atoms with Crippen molar-refractivity contribution in [2.45, 2.75) is 12.8 Å². The number of nitrogens with zero attached hydrogens (tertiary/aromatic N) is 3. The van der Waals surface area contributed by atoms with Gasteiger partial charge in [0.2, 0.25) is 5.91 Å². The molecule has 146 valence electrons. The van der Waals surface area contributed by atoms with Gasteiger partial charge in [0.05, 0.1) is 19.2 Å². The maximum absolute atomic E-state index is 11.1. The zero-order valence-electron chi connectivity index (χ0n) is 15.8. The Morgan fingerprint density at radius 2 is 2.00 bits per heavy atom. The molecule has 0 saturated heterocycles. The molecule has 8 nitrogen and oxygen atoms in total. The molecule has 0 aliphatic heterocycles. The lowest BCUT2D eigenvalue weighted by Gasteiger charge is -2.21. The van der Waals surface area contributed by atoms with Crippen molar-refractivity contribution in [3.8, 4) is 11.5 Å². The fourth-order valence-corrected chi connectivity index (χ4v) is 2.84. The van der Waals surface area contributed by atoms with Gasteiger partial charge in [0, 0.05) is 30.6 Å². The van der Waals surface area contributed by atoms with E-state index in [4.69, 9.17) is 14.7 Å². The van der Waals surface area contributed by atoms with E-state index in [0.29, 0.717) is 24.5 Å². The number of rotatable bonds is 8. The fourth-order valence-electron chi connectivity index (χ4n) is 2.84. The smallest absolute Gasteiger partial charge is 0.243 e. The lowest BCUT2D eigenvalue weighted by molar-refractivity contribution is -0.129. The summed E-state index contributed by atoms with van der Waals surface area (Å²) < 4.78 is 11.2. The summed E-state index contributed by atoms with van der Waals surface area (Å²) in [5.41, 5.74) is 3.34. The van der Waals surface area contributed by atoms with E-state index in [1.165, 1.54) is 0 Å². The Kier molecular flexibility index (Phi) is 6.23. The van der Waals surface area contributed by atoms with Gasteiger partial charge in [-0.15, -0.1) is 0 Å². The molecule has 2 N–H and O–H groups in total. The van der Waals surface area contributed by atoms with E-state index in [9.17, 15) is 4.79 Å². The number of hydroxylamine groups is 1. The van der Waals surface area contributed by atoms with Crippen LogP contribution in [-0.2, 0) is 4.79 Å². The van der Waals surface area contributed by atoms with Crippen molar-refractivity contribution in [1.82, 2.24) is 15.4 Å². The zero-order valence-corrected chi connectivity index (χ0v) is 15.8. The van der Waals surface area contributed by atoms with Crippen molar-refractivity contribution in [3.05, 3.63) is 48.8 Å². The molecular formula is C20H22N4O4. The van der Waals surface area contributed by atoms with Crippen LogP contribution >= 0.6 is 0 Å². The molecule has 1 heterocycles. The Morgan fingerprint density at radius 3 is 2.79 bits per heavy atom. The molecule has 0 unspecified atom stereocenters. The van der Waals surface area contributed by atoms with E-state index in [1.54, 1.807) is 18.9 Å². The molecule has 0 radical (unpaired) electrons. The molecule has 3 rings (SSSR count). The Balaban J connectivity index is 1.82. The van der Waals surface area contributed by atoms with Crippen LogP contribution in [0.25, 0.3) is 10.9 Å². The van der Waals surface area contributed by atoms with Crippen LogP contribution in [-0.4, -0.2) is 41.8 Å². The van der Waals surface area contributed by atoms with E-state index >= 15 is 0 Å². The number of benzene rings is 2. The summed E-state index contributed by atoms with van der Waals surface area (Å²) >= 11 is 0. The van der Waals surface area contributed by atoms with Crippen LogP contribution in [0.5, 0.6) is 11.5 Å². The summed E-state index contributed by atoms with van der Waals surface area (Å²) in [6, 6.07) is 13.4. The number of hydrogen-bond donors (Lipinski definition) is 2. The highest BCUT2D eigenvalue weighted by molar-refractivity contribution is 5.91. The van der Waals surface area contributed by atoms with Crippen LogP contribution in [0.15, 0.2) is 48.8 Å². The van der Waals surface area contributed by atoms with Crippen LogP contribution in [0.1, 0.15) is 12.8 Å². The average Bonchev–Trinajstić information content (AvgIpc) is 2.75. The number of fused-ring (bicyclic) bond motifs is 1. The monoisotopic (exact) mass is 382 g/mol. The second kappa shape index (κ2) is 9.01. The molecule has 3 aromatic rings. The number of anilines is 2. The van der Waals surface area contributed by atoms with Gasteiger partial charge in [-0.1, -0.05) is 12.1 Å². The molecule has 8 heteroatoms. The number of nitrogens with one attached hydrogen (secondary N) is 1. The quantitative estimate of drug-likeness (QED) is 0.351. The highest BCUT2D eigenvalue weighted by Crippen LogP contribution is 2.35. The molecule has 0 atom stereocenters. The highest BCUT2D eigenvalue weighted by atomic mass is 16.5. The lowest BCUT2D eigenvalue weighted by atomic mass is 10.2. The van der Waals surface area contributed by atoms with Gasteiger partial charge in [-0.2, -0.15) is 0 Å². The first-order chi connectivity index (χ1) is 13.6. The van der Waals surface area contributed by atoms with E-state index in [1.807, 2.05) is 54.4 Å². The number of para-hydroxylation sites is 1. The first kappa shape index (κ1) is 19.4. The minimum Gasteiger partial charge on any atom is -0.493 e. The summed E-state index contributed by atoms with van der Waals surface area (Å²) in [7, 11) is 3.49. The second-order valence-corrected chi connectivity index (χ2v) is 6.10. The van der Waals surface area contributed by atoms with Crippen LogP contribution in [0.2, 0.25) is 0 Å². The van der Waals surface area contributed by atoms with Gasteiger partial charge < -0.3 is 14.4 Å². The molecule has 2 aromatic carbocycles. The molecule has 0 bridgehead atoms.